The van der Waals surface area contributed by atoms with Crippen LogP contribution in [0.25, 0.3) is 10.6 Å². The maximum atomic E-state index is 12.2. The van der Waals surface area contributed by atoms with Crippen molar-refractivity contribution in [3.8, 4) is 10.6 Å². The fourth-order valence-corrected chi connectivity index (χ4v) is 3.06. The van der Waals surface area contributed by atoms with Crippen molar-refractivity contribution in [1.29, 1.82) is 0 Å². The van der Waals surface area contributed by atoms with Gasteiger partial charge in [0, 0.05) is 18.3 Å². The Kier molecular flexibility index (Phi) is 4.96. The number of thiophene rings is 1. The summed E-state index contributed by atoms with van der Waals surface area (Å²) in [5.41, 5.74) is 2.37. The number of carbonyl (C=O) groups excluding carboxylic acids is 1. The van der Waals surface area contributed by atoms with Crippen LogP contribution in [0.1, 0.15) is 15.9 Å². The predicted molar refractivity (Wildman–Crippen MR) is 95.2 cm³/mol. The molecule has 0 saturated carbocycles. The highest BCUT2D eigenvalue weighted by atomic mass is 35.5. The molecule has 1 aromatic carbocycles. The average Bonchev–Trinajstić information content (AvgIpc) is 3.10. The fraction of sp³-hybridized carbons (Fsp3) is 0.0588. The predicted octanol–water partition coefficient (Wildman–Crippen LogP) is 5.05. The molecular formula is C17H12Cl2N2OS. The molecule has 2 heterocycles. The summed E-state index contributed by atoms with van der Waals surface area (Å²) >= 11 is 13.4. The molecule has 3 rings (SSSR count). The minimum Gasteiger partial charge on any atom is -0.348 e. The van der Waals surface area contributed by atoms with Crippen molar-refractivity contribution in [1.82, 2.24) is 10.3 Å². The van der Waals surface area contributed by atoms with E-state index in [2.05, 4.69) is 10.3 Å². The third-order valence-electron chi connectivity index (χ3n) is 3.23. The monoisotopic (exact) mass is 362 g/mol. The number of nitrogens with one attached hydrogen (secondary N) is 1. The van der Waals surface area contributed by atoms with Crippen LogP contribution in [0.4, 0.5) is 0 Å². The summed E-state index contributed by atoms with van der Waals surface area (Å²) in [5.74, 6) is -0.196. The first-order valence-electron chi connectivity index (χ1n) is 6.85. The van der Waals surface area contributed by atoms with Gasteiger partial charge in [-0.3, -0.25) is 9.78 Å². The van der Waals surface area contributed by atoms with Crippen molar-refractivity contribution in [3.05, 3.63) is 75.2 Å². The van der Waals surface area contributed by atoms with Crippen LogP contribution < -0.4 is 5.32 Å². The number of amides is 1. The third-order valence-corrected chi connectivity index (χ3v) is 4.86. The second-order valence-corrected chi connectivity index (χ2v) is 6.60. The van der Waals surface area contributed by atoms with Crippen molar-refractivity contribution in [3.63, 3.8) is 0 Å². The highest BCUT2D eigenvalue weighted by Crippen LogP contribution is 2.24. The number of halogens is 2. The number of hydrogen-bond donors (Lipinski definition) is 1. The van der Waals surface area contributed by atoms with Gasteiger partial charge >= 0.3 is 0 Å². The number of nitrogens with zero attached hydrogens (tertiary/aromatic N) is 1. The summed E-state index contributed by atoms with van der Waals surface area (Å²) in [4.78, 5) is 17.6. The number of rotatable bonds is 4. The minimum atomic E-state index is -0.196. The second-order valence-electron chi connectivity index (χ2n) is 4.84. The van der Waals surface area contributed by atoms with Gasteiger partial charge in [-0.15, -0.1) is 11.3 Å². The van der Waals surface area contributed by atoms with E-state index in [1.807, 2.05) is 29.6 Å². The van der Waals surface area contributed by atoms with E-state index < -0.39 is 0 Å². The van der Waals surface area contributed by atoms with Crippen LogP contribution in [0.15, 0.2) is 54.0 Å². The maximum Gasteiger partial charge on any atom is 0.251 e. The zero-order chi connectivity index (χ0) is 16.2. The van der Waals surface area contributed by atoms with E-state index in [4.69, 9.17) is 23.2 Å². The normalized spacial score (nSPS) is 10.5. The third kappa shape index (κ3) is 3.91. The number of carbonyl (C=O) groups is 1. The molecule has 3 nitrogen and oxygen atoms in total. The zero-order valence-corrected chi connectivity index (χ0v) is 14.3. The lowest BCUT2D eigenvalue weighted by molar-refractivity contribution is 0.0951. The highest BCUT2D eigenvalue weighted by molar-refractivity contribution is 7.13. The molecule has 3 aromatic rings. The van der Waals surface area contributed by atoms with E-state index in [0.717, 1.165) is 16.1 Å². The molecule has 0 unspecified atom stereocenters. The number of benzene rings is 1. The zero-order valence-electron chi connectivity index (χ0n) is 11.9. The lowest BCUT2D eigenvalue weighted by atomic mass is 10.2. The lowest BCUT2D eigenvalue weighted by Gasteiger charge is -2.07. The summed E-state index contributed by atoms with van der Waals surface area (Å²) in [6, 6.07) is 12.7. The number of pyridine rings is 1. The topological polar surface area (TPSA) is 42.0 Å². The largest absolute Gasteiger partial charge is 0.348 e. The van der Waals surface area contributed by atoms with Gasteiger partial charge in [0.05, 0.1) is 20.6 Å². The van der Waals surface area contributed by atoms with Gasteiger partial charge in [-0.2, -0.15) is 0 Å². The van der Waals surface area contributed by atoms with E-state index in [9.17, 15) is 4.79 Å². The molecule has 0 spiro atoms. The molecule has 0 aliphatic rings. The van der Waals surface area contributed by atoms with Gasteiger partial charge in [0.1, 0.15) is 0 Å². The van der Waals surface area contributed by atoms with Crippen molar-refractivity contribution in [2.45, 2.75) is 6.54 Å². The first-order chi connectivity index (χ1) is 11.1. The van der Waals surface area contributed by atoms with E-state index in [1.54, 1.807) is 35.7 Å². The summed E-state index contributed by atoms with van der Waals surface area (Å²) in [7, 11) is 0. The Hall–Kier alpha value is -1.88. The van der Waals surface area contributed by atoms with Crippen LogP contribution in [0, 0.1) is 0 Å². The van der Waals surface area contributed by atoms with Gasteiger partial charge in [0.25, 0.3) is 5.91 Å². The molecular weight excluding hydrogens is 351 g/mol. The molecule has 23 heavy (non-hydrogen) atoms. The van der Waals surface area contributed by atoms with Gasteiger partial charge in [-0.05, 0) is 47.3 Å². The van der Waals surface area contributed by atoms with Gasteiger partial charge in [-0.1, -0.05) is 29.3 Å². The summed E-state index contributed by atoms with van der Waals surface area (Å²) < 4.78 is 0. The van der Waals surface area contributed by atoms with E-state index in [1.165, 1.54) is 0 Å². The van der Waals surface area contributed by atoms with Gasteiger partial charge < -0.3 is 5.32 Å². The fourth-order valence-electron chi connectivity index (χ4n) is 2.07. The van der Waals surface area contributed by atoms with Gasteiger partial charge in [0.15, 0.2) is 0 Å². The molecule has 0 saturated heterocycles. The van der Waals surface area contributed by atoms with Crippen LogP contribution in [-0.2, 0) is 6.54 Å². The van der Waals surface area contributed by atoms with Crippen molar-refractivity contribution in [2.24, 2.45) is 0 Å². The summed E-state index contributed by atoms with van der Waals surface area (Å²) in [6.45, 7) is 0.417. The number of hydrogen-bond acceptors (Lipinski definition) is 3. The van der Waals surface area contributed by atoms with E-state index in [0.29, 0.717) is 22.2 Å². The Morgan fingerprint density at radius 2 is 2.00 bits per heavy atom. The van der Waals surface area contributed by atoms with Crippen molar-refractivity contribution < 1.29 is 4.79 Å². The maximum absolute atomic E-state index is 12.2. The standard InChI is InChI=1S/C17H12Cl2N2OS/c18-13-4-3-12(9-14(13)19)17(22)21-10-11-5-6-20-15(8-11)16-2-1-7-23-16/h1-9H,10H2,(H,21,22). The quantitative estimate of drug-likeness (QED) is 0.705. The summed E-state index contributed by atoms with van der Waals surface area (Å²) in [5, 5.41) is 5.67. The Balaban J connectivity index is 1.69. The smallest absolute Gasteiger partial charge is 0.251 e. The van der Waals surface area contributed by atoms with Gasteiger partial charge in [-0.25, -0.2) is 0 Å². The SMILES string of the molecule is O=C(NCc1ccnc(-c2cccs2)c1)c1ccc(Cl)c(Cl)c1. The summed E-state index contributed by atoms with van der Waals surface area (Å²) in [6.07, 6.45) is 1.75. The lowest BCUT2D eigenvalue weighted by Crippen LogP contribution is -2.22. The molecule has 1 amide bonds. The second kappa shape index (κ2) is 7.13. The molecule has 6 heteroatoms. The molecule has 0 aliphatic carbocycles. The molecule has 0 aliphatic heterocycles. The van der Waals surface area contributed by atoms with Crippen molar-refractivity contribution >= 4 is 40.4 Å². The van der Waals surface area contributed by atoms with Crippen molar-refractivity contribution in [2.75, 3.05) is 0 Å². The Labute approximate surface area is 147 Å². The highest BCUT2D eigenvalue weighted by Gasteiger charge is 2.08. The van der Waals surface area contributed by atoms with Crippen LogP contribution in [0.3, 0.4) is 0 Å². The van der Waals surface area contributed by atoms with Gasteiger partial charge in [0.2, 0.25) is 0 Å². The van der Waals surface area contributed by atoms with Crippen LogP contribution in [0.2, 0.25) is 10.0 Å². The Bertz CT molecular complexity index is 834. The molecule has 0 radical (unpaired) electrons. The van der Waals surface area contributed by atoms with Crippen LogP contribution in [-0.4, -0.2) is 10.9 Å². The molecule has 0 fully saturated rings. The molecule has 2 aromatic heterocycles. The van der Waals surface area contributed by atoms with E-state index >= 15 is 0 Å². The minimum absolute atomic E-state index is 0.196. The molecule has 1 N–H and O–H groups in total. The molecule has 0 bridgehead atoms. The van der Waals surface area contributed by atoms with Crippen LogP contribution >= 0.6 is 34.5 Å². The molecule has 0 atom stereocenters. The first kappa shape index (κ1) is 16.0. The first-order valence-corrected chi connectivity index (χ1v) is 8.49. The van der Waals surface area contributed by atoms with Crippen LogP contribution in [0.5, 0.6) is 0 Å². The van der Waals surface area contributed by atoms with E-state index in [-0.39, 0.29) is 5.91 Å². The molecule has 116 valence electrons. The average molecular weight is 363 g/mol. The Morgan fingerprint density at radius 1 is 1.13 bits per heavy atom. The number of aromatic nitrogens is 1. The Morgan fingerprint density at radius 3 is 2.74 bits per heavy atom.